The van der Waals surface area contributed by atoms with Crippen LogP contribution in [0, 0.1) is 0 Å². The SMILES string of the molecule is O=C(O)CCCCCCn1cccc1C(=O)O. The van der Waals surface area contributed by atoms with Crippen LogP contribution in [0.25, 0.3) is 0 Å². The number of unbranched alkanes of at least 4 members (excludes halogenated alkanes) is 3. The third kappa shape index (κ3) is 4.72. The molecule has 5 nitrogen and oxygen atoms in total. The summed E-state index contributed by atoms with van der Waals surface area (Å²) >= 11 is 0. The van der Waals surface area contributed by atoms with E-state index < -0.39 is 11.9 Å². The lowest BCUT2D eigenvalue weighted by molar-refractivity contribution is -0.137. The summed E-state index contributed by atoms with van der Waals surface area (Å²) in [5, 5.41) is 17.3. The second-order valence-corrected chi connectivity index (χ2v) is 3.95. The molecular formula is C12H17NO4. The molecule has 17 heavy (non-hydrogen) atoms. The summed E-state index contributed by atoms with van der Waals surface area (Å²) in [4.78, 5) is 21.1. The molecule has 0 aliphatic rings. The molecule has 1 aromatic rings. The molecular weight excluding hydrogens is 222 g/mol. The summed E-state index contributed by atoms with van der Waals surface area (Å²) in [7, 11) is 0. The van der Waals surface area contributed by atoms with Gasteiger partial charge in [-0.05, 0) is 25.0 Å². The lowest BCUT2D eigenvalue weighted by atomic mass is 10.1. The van der Waals surface area contributed by atoms with Gasteiger partial charge in [0.1, 0.15) is 5.69 Å². The van der Waals surface area contributed by atoms with Gasteiger partial charge in [-0.1, -0.05) is 12.8 Å². The Morgan fingerprint density at radius 2 is 1.82 bits per heavy atom. The number of carbonyl (C=O) groups is 2. The summed E-state index contributed by atoms with van der Waals surface area (Å²) in [6, 6.07) is 3.29. The third-order valence-corrected chi connectivity index (χ3v) is 2.59. The fourth-order valence-corrected chi connectivity index (χ4v) is 1.72. The maximum Gasteiger partial charge on any atom is 0.352 e. The first-order valence-electron chi connectivity index (χ1n) is 5.71. The number of aromatic carboxylic acids is 1. The Labute approximate surface area is 99.7 Å². The van der Waals surface area contributed by atoms with Gasteiger partial charge in [-0.15, -0.1) is 0 Å². The smallest absolute Gasteiger partial charge is 0.352 e. The number of rotatable bonds is 8. The minimum atomic E-state index is -0.916. The number of hydrogen-bond donors (Lipinski definition) is 2. The number of hydrogen-bond acceptors (Lipinski definition) is 2. The molecule has 94 valence electrons. The molecule has 0 saturated carbocycles. The van der Waals surface area contributed by atoms with Crippen LogP contribution in [0.4, 0.5) is 0 Å². The van der Waals surface area contributed by atoms with Crippen molar-refractivity contribution < 1.29 is 19.8 Å². The fourth-order valence-electron chi connectivity index (χ4n) is 1.72. The Morgan fingerprint density at radius 1 is 1.12 bits per heavy atom. The van der Waals surface area contributed by atoms with E-state index in [4.69, 9.17) is 10.2 Å². The van der Waals surface area contributed by atoms with Gasteiger partial charge in [-0.2, -0.15) is 0 Å². The quantitative estimate of drug-likeness (QED) is 0.682. The minimum absolute atomic E-state index is 0.212. The van der Waals surface area contributed by atoms with Crippen LogP contribution < -0.4 is 0 Å². The fraction of sp³-hybridized carbons (Fsp3) is 0.500. The van der Waals surface area contributed by atoms with Crippen molar-refractivity contribution in [2.45, 2.75) is 38.6 Å². The van der Waals surface area contributed by atoms with Crippen LogP contribution in [0.2, 0.25) is 0 Å². The van der Waals surface area contributed by atoms with Crippen LogP contribution in [-0.4, -0.2) is 26.7 Å². The Hall–Kier alpha value is -1.78. The normalized spacial score (nSPS) is 10.4. The standard InChI is InChI=1S/C12H17NO4/c14-11(15)7-3-1-2-4-8-13-9-5-6-10(13)12(16)17/h5-6,9H,1-4,7-8H2,(H,14,15)(H,16,17). The lowest BCUT2D eigenvalue weighted by Crippen LogP contribution is -2.07. The molecule has 0 aliphatic heterocycles. The van der Waals surface area contributed by atoms with Crippen molar-refractivity contribution in [1.82, 2.24) is 4.57 Å². The zero-order valence-electron chi connectivity index (χ0n) is 9.63. The van der Waals surface area contributed by atoms with Crippen molar-refractivity contribution in [3.8, 4) is 0 Å². The Balaban J connectivity index is 2.20. The van der Waals surface area contributed by atoms with Crippen LogP contribution in [0.3, 0.4) is 0 Å². The first-order chi connectivity index (χ1) is 8.11. The predicted octanol–water partition coefficient (Wildman–Crippen LogP) is 2.22. The number of aliphatic carboxylic acids is 1. The summed E-state index contributed by atoms with van der Waals surface area (Å²) in [5.41, 5.74) is 0.301. The van der Waals surface area contributed by atoms with Gasteiger partial charge in [0.15, 0.2) is 0 Å². The first-order valence-corrected chi connectivity index (χ1v) is 5.71. The number of aromatic nitrogens is 1. The topological polar surface area (TPSA) is 79.5 Å². The van der Waals surface area contributed by atoms with E-state index in [1.165, 1.54) is 0 Å². The molecule has 0 unspecified atom stereocenters. The van der Waals surface area contributed by atoms with Crippen LogP contribution >= 0.6 is 0 Å². The van der Waals surface area contributed by atoms with Gasteiger partial charge in [-0.3, -0.25) is 4.79 Å². The predicted molar refractivity (Wildman–Crippen MR) is 62.1 cm³/mol. The van der Waals surface area contributed by atoms with Crippen LogP contribution in [0.5, 0.6) is 0 Å². The summed E-state index contributed by atoms with van der Waals surface area (Å²) in [6.45, 7) is 0.668. The molecule has 1 heterocycles. The second-order valence-electron chi connectivity index (χ2n) is 3.95. The van der Waals surface area contributed by atoms with Gasteiger partial charge in [0.05, 0.1) is 0 Å². The van der Waals surface area contributed by atoms with E-state index in [-0.39, 0.29) is 6.42 Å². The highest BCUT2D eigenvalue weighted by Gasteiger charge is 2.07. The molecule has 0 aliphatic carbocycles. The number of carboxylic acid groups (broad SMARTS) is 2. The molecule has 0 spiro atoms. The molecule has 1 rings (SSSR count). The zero-order chi connectivity index (χ0) is 12.7. The molecule has 0 saturated heterocycles. The maximum atomic E-state index is 10.8. The van der Waals surface area contributed by atoms with Crippen LogP contribution in [0.15, 0.2) is 18.3 Å². The van der Waals surface area contributed by atoms with Crippen molar-refractivity contribution in [1.29, 1.82) is 0 Å². The van der Waals surface area contributed by atoms with E-state index in [0.29, 0.717) is 18.7 Å². The highest BCUT2D eigenvalue weighted by Crippen LogP contribution is 2.08. The lowest BCUT2D eigenvalue weighted by Gasteiger charge is -2.05. The molecule has 0 atom stereocenters. The Morgan fingerprint density at radius 3 is 2.47 bits per heavy atom. The first kappa shape index (κ1) is 13.3. The number of carboxylic acids is 2. The van der Waals surface area contributed by atoms with Crippen molar-refractivity contribution in [3.63, 3.8) is 0 Å². The van der Waals surface area contributed by atoms with Gasteiger partial charge in [0.2, 0.25) is 0 Å². The van der Waals surface area contributed by atoms with Crippen molar-refractivity contribution in [2.24, 2.45) is 0 Å². The second kappa shape index (κ2) is 6.73. The van der Waals surface area contributed by atoms with E-state index in [1.54, 1.807) is 22.9 Å². The average molecular weight is 239 g/mol. The van der Waals surface area contributed by atoms with Gasteiger partial charge in [0, 0.05) is 19.2 Å². The molecule has 1 aromatic heterocycles. The van der Waals surface area contributed by atoms with Crippen molar-refractivity contribution >= 4 is 11.9 Å². The van der Waals surface area contributed by atoms with Crippen LogP contribution in [-0.2, 0) is 11.3 Å². The van der Waals surface area contributed by atoms with E-state index in [9.17, 15) is 9.59 Å². The monoisotopic (exact) mass is 239 g/mol. The van der Waals surface area contributed by atoms with Gasteiger partial charge < -0.3 is 14.8 Å². The molecule has 0 radical (unpaired) electrons. The average Bonchev–Trinajstić information content (AvgIpc) is 2.71. The molecule has 5 heteroatoms. The third-order valence-electron chi connectivity index (χ3n) is 2.59. The summed E-state index contributed by atoms with van der Waals surface area (Å²) in [6.07, 6.45) is 5.31. The van der Waals surface area contributed by atoms with Gasteiger partial charge in [-0.25, -0.2) is 4.79 Å². The molecule has 0 bridgehead atoms. The summed E-state index contributed by atoms with van der Waals surface area (Å²) < 4.78 is 1.71. The largest absolute Gasteiger partial charge is 0.481 e. The van der Waals surface area contributed by atoms with Gasteiger partial charge >= 0.3 is 11.9 Å². The summed E-state index contributed by atoms with van der Waals surface area (Å²) in [5.74, 6) is -1.68. The van der Waals surface area contributed by atoms with E-state index in [1.807, 2.05) is 0 Å². The van der Waals surface area contributed by atoms with E-state index >= 15 is 0 Å². The van der Waals surface area contributed by atoms with E-state index in [2.05, 4.69) is 0 Å². The molecule has 0 aromatic carbocycles. The van der Waals surface area contributed by atoms with Crippen molar-refractivity contribution in [2.75, 3.05) is 0 Å². The highest BCUT2D eigenvalue weighted by molar-refractivity contribution is 5.85. The molecule has 0 amide bonds. The van der Waals surface area contributed by atoms with Crippen molar-refractivity contribution in [3.05, 3.63) is 24.0 Å². The zero-order valence-corrected chi connectivity index (χ0v) is 9.63. The van der Waals surface area contributed by atoms with Gasteiger partial charge in [0.25, 0.3) is 0 Å². The number of nitrogens with zero attached hydrogens (tertiary/aromatic N) is 1. The Kier molecular flexibility index (Phi) is 5.26. The maximum absolute atomic E-state index is 10.8. The van der Waals surface area contributed by atoms with Crippen LogP contribution in [0.1, 0.15) is 42.6 Å². The Bertz CT molecular complexity index is 384. The minimum Gasteiger partial charge on any atom is -0.481 e. The highest BCUT2D eigenvalue weighted by atomic mass is 16.4. The van der Waals surface area contributed by atoms with E-state index in [0.717, 1.165) is 19.3 Å². The molecule has 0 fully saturated rings. The molecule has 2 N–H and O–H groups in total. The number of aryl methyl sites for hydroxylation is 1.